The lowest BCUT2D eigenvalue weighted by Crippen LogP contribution is -2.06. The molecule has 2 N–H and O–H groups in total. The van der Waals surface area contributed by atoms with Crippen molar-refractivity contribution in [1.29, 1.82) is 0 Å². The van der Waals surface area contributed by atoms with E-state index in [1.165, 1.54) is 0 Å². The van der Waals surface area contributed by atoms with Crippen LogP contribution in [0.2, 0.25) is 0 Å². The summed E-state index contributed by atoms with van der Waals surface area (Å²) < 4.78 is 5.00. The molecule has 0 fully saturated rings. The molecule has 0 aliphatic heterocycles. The van der Waals surface area contributed by atoms with Crippen molar-refractivity contribution in [3.63, 3.8) is 0 Å². The van der Waals surface area contributed by atoms with Crippen LogP contribution < -0.4 is 0 Å². The van der Waals surface area contributed by atoms with Gasteiger partial charge in [0.05, 0.1) is 13.2 Å². The normalized spacial score (nSPS) is 10.6. The van der Waals surface area contributed by atoms with E-state index in [0.717, 1.165) is 22.3 Å². The molecule has 0 spiro atoms. The number of hydrogen-bond acceptors (Lipinski definition) is 5. The topological polar surface area (TPSA) is 88.1 Å². The van der Waals surface area contributed by atoms with E-state index in [9.17, 15) is 4.79 Å². The lowest BCUT2D eigenvalue weighted by Gasteiger charge is -2.06. The Hall–Kier alpha value is -2.99. The standard InChI is InChI=1S/C18H17N3O3/c1-2-24-18(23)17-16(19-21-20-17)15-5-3-4-14(10-15)13-8-6-12(11-22)7-9-13/h3-10,22H,2,11H2,1H3,(H,19,20,21). The summed E-state index contributed by atoms with van der Waals surface area (Å²) in [4.78, 5) is 12.0. The van der Waals surface area contributed by atoms with E-state index in [-0.39, 0.29) is 18.9 Å². The Labute approximate surface area is 139 Å². The van der Waals surface area contributed by atoms with Gasteiger partial charge in [-0.2, -0.15) is 10.3 Å². The fraction of sp³-hybridized carbons (Fsp3) is 0.167. The molecule has 0 amide bonds. The molecule has 0 atom stereocenters. The van der Waals surface area contributed by atoms with Gasteiger partial charge in [0.15, 0.2) is 5.69 Å². The minimum atomic E-state index is -0.501. The van der Waals surface area contributed by atoms with E-state index in [1.807, 2.05) is 48.5 Å². The monoisotopic (exact) mass is 323 g/mol. The van der Waals surface area contributed by atoms with E-state index in [4.69, 9.17) is 9.84 Å². The van der Waals surface area contributed by atoms with Crippen LogP contribution in [-0.2, 0) is 11.3 Å². The molecule has 6 nitrogen and oxygen atoms in total. The molecule has 122 valence electrons. The fourth-order valence-electron chi connectivity index (χ4n) is 2.42. The van der Waals surface area contributed by atoms with Crippen molar-refractivity contribution in [2.75, 3.05) is 6.61 Å². The van der Waals surface area contributed by atoms with Gasteiger partial charge < -0.3 is 9.84 Å². The van der Waals surface area contributed by atoms with Crippen LogP contribution >= 0.6 is 0 Å². The average Bonchev–Trinajstić information content (AvgIpc) is 3.12. The average molecular weight is 323 g/mol. The molecular formula is C18H17N3O3. The number of hydrogen-bond donors (Lipinski definition) is 2. The van der Waals surface area contributed by atoms with Crippen LogP contribution in [0, 0.1) is 0 Å². The lowest BCUT2D eigenvalue weighted by molar-refractivity contribution is 0.0520. The largest absolute Gasteiger partial charge is 0.461 e. The zero-order chi connectivity index (χ0) is 16.9. The van der Waals surface area contributed by atoms with Crippen molar-refractivity contribution in [1.82, 2.24) is 15.4 Å². The van der Waals surface area contributed by atoms with E-state index < -0.39 is 5.97 Å². The molecule has 3 aromatic rings. The van der Waals surface area contributed by atoms with Crippen molar-refractivity contribution >= 4 is 5.97 Å². The van der Waals surface area contributed by atoms with E-state index in [1.54, 1.807) is 6.92 Å². The van der Waals surface area contributed by atoms with Gasteiger partial charge in [0, 0.05) is 5.56 Å². The van der Waals surface area contributed by atoms with Gasteiger partial charge in [0.2, 0.25) is 0 Å². The maximum Gasteiger partial charge on any atom is 0.361 e. The van der Waals surface area contributed by atoms with Gasteiger partial charge in [-0.1, -0.05) is 42.5 Å². The third-order valence-corrected chi connectivity index (χ3v) is 3.62. The Morgan fingerprint density at radius 2 is 1.83 bits per heavy atom. The summed E-state index contributed by atoms with van der Waals surface area (Å²) in [6, 6.07) is 15.3. The molecule has 1 heterocycles. The van der Waals surface area contributed by atoms with Crippen molar-refractivity contribution in [2.24, 2.45) is 0 Å². The van der Waals surface area contributed by atoms with Crippen LogP contribution in [0.5, 0.6) is 0 Å². The van der Waals surface area contributed by atoms with Crippen molar-refractivity contribution < 1.29 is 14.6 Å². The molecule has 6 heteroatoms. The zero-order valence-electron chi connectivity index (χ0n) is 13.2. The summed E-state index contributed by atoms with van der Waals surface area (Å²) in [5.41, 5.74) is 4.25. The second-order valence-electron chi connectivity index (χ2n) is 5.18. The zero-order valence-corrected chi connectivity index (χ0v) is 13.2. The first-order chi connectivity index (χ1) is 11.7. The molecule has 1 aromatic heterocycles. The summed E-state index contributed by atoms with van der Waals surface area (Å²) >= 11 is 0. The number of aromatic nitrogens is 3. The molecule has 3 rings (SSSR count). The maximum absolute atomic E-state index is 12.0. The molecule has 24 heavy (non-hydrogen) atoms. The van der Waals surface area contributed by atoms with Crippen LogP contribution in [0.4, 0.5) is 0 Å². The van der Waals surface area contributed by atoms with Crippen LogP contribution in [-0.4, -0.2) is 33.1 Å². The summed E-state index contributed by atoms with van der Waals surface area (Å²) in [6.45, 7) is 2.04. The van der Waals surface area contributed by atoms with Gasteiger partial charge in [-0.3, -0.25) is 0 Å². The van der Waals surface area contributed by atoms with Crippen LogP contribution in [0.1, 0.15) is 23.0 Å². The molecule has 0 saturated heterocycles. The molecular weight excluding hydrogens is 306 g/mol. The highest BCUT2D eigenvalue weighted by atomic mass is 16.5. The van der Waals surface area contributed by atoms with E-state index in [0.29, 0.717) is 5.69 Å². The fourth-order valence-corrected chi connectivity index (χ4v) is 2.42. The van der Waals surface area contributed by atoms with Crippen molar-refractivity contribution in [3.05, 3.63) is 59.8 Å². The number of aliphatic hydroxyl groups is 1. The number of aliphatic hydroxyl groups excluding tert-OH is 1. The van der Waals surface area contributed by atoms with Crippen LogP contribution in [0.25, 0.3) is 22.4 Å². The number of carbonyl (C=O) groups excluding carboxylic acids is 1. The Balaban J connectivity index is 1.96. The highest BCUT2D eigenvalue weighted by Gasteiger charge is 2.19. The van der Waals surface area contributed by atoms with Crippen molar-refractivity contribution in [3.8, 4) is 22.4 Å². The molecule has 0 bridgehead atoms. The third-order valence-electron chi connectivity index (χ3n) is 3.62. The third kappa shape index (κ3) is 3.18. The maximum atomic E-state index is 12.0. The number of nitrogens with zero attached hydrogens (tertiary/aromatic N) is 2. The number of benzene rings is 2. The highest BCUT2D eigenvalue weighted by molar-refractivity contribution is 5.94. The predicted octanol–water partition coefficient (Wildman–Crippen LogP) is 2.81. The number of H-pyrrole nitrogens is 1. The Bertz CT molecular complexity index is 841. The number of carbonyl (C=O) groups is 1. The molecule has 0 saturated carbocycles. The molecule has 0 aliphatic carbocycles. The molecule has 0 aliphatic rings. The number of nitrogens with one attached hydrogen (secondary N) is 1. The summed E-state index contributed by atoms with van der Waals surface area (Å²) in [5, 5.41) is 19.6. The van der Waals surface area contributed by atoms with E-state index in [2.05, 4.69) is 15.4 Å². The van der Waals surface area contributed by atoms with E-state index >= 15 is 0 Å². The van der Waals surface area contributed by atoms with Gasteiger partial charge >= 0.3 is 5.97 Å². The Morgan fingerprint density at radius 1 is 1.08 bits per heavy atom. The van der Waals surface area contributed by atoms with Gasteiger partial charge in [0.25, 0.3) is 0 Å². The molecule has 0 unspecified atom stereocenters. The van der Waals surface area contributed by atoms with Crippen LogP contribution in [0.15, 0.2) is 48.5 Å². The second kappa shape index (κ2) is 7.06. The first-order valence-electron chi connectivity index (χ1n) is 7.61. The first-order valence-corrected chi connectivity index (χ1v) is 7.61. The minimum Gasteiger partial charge on any atom is -0.461 e. The van der Waals surface area contributed by atoms with Gasteiger partial charge in [-0.05, 0) is 29.7 Å². The SMILES string of the molecule is CCOC(=O)c1n[nH]nc1-c1cccc(-c2ccc(CO)cc2)c1. The first kappa shape index (κ1) is 15.9. The molecule has 2 aromatic carbocycles. The highest BCUT2D eigenvalue weighted by Crippen LogP contribution is 2.27. The smallest absolute Gasteiger partial charge is 0.361 e. The molecule has 0 radical (unpaired) electrons. The Kier molecular flexibility index (Phi) is 4.67. The number of ether oxygens (including phenoxy) is 1. The number of rotatable bonds is 5. The quantitative estimate of drug-likeness (QED) is 0.705. The summed E-state index contributed by atoms with van der Waals surface area (Å²) in [5.74, 6) is -0.501. The van der Waals surface area contributed by atoms with Gasteiger partial charge in [-0.25, -0.2) is 4.79 Å². The van der Waals surface area contributed by atoms with Crippen LogP contribution in [0.3, 0.4) is 0 Å². The summed E-state index contributed by atoms with van der Waals surface area (Å²) in [6.07, 6.45) is 0. The lowest BCUT2D eigenvalue weighted by atomic mass is 10.00. The predicted molar refractivity (Wildman–Crippen MR) is 89.1 cm³/mol. The number of esters is 1. The Morgan fingerprint density at radius 3 is 2.54 bits per heavy atom. The van der Waals surface area contributed by atoms with Crippen molar-refractivity contribution in [2.45, 2.75) is 13.5 Å². The van der Waals surface area contributed by atoms with Gasteiger partial charge in [-0.15, -0.1) is 5.10 Å². The summed E-state index contributed by atoms with van der Waals surface area (Å²) in [7, 11) is 0. The second-order valence-corrected chi connectivity index (χ2v) is 5.18. The van der Waals surface area contributed by atoms with Gasteiger partial charge in [0.1, 0.15) is 5.69 Å². The minimum absolute atomic E-state index is 0.0160. The number of aromatic amines is 1.